The molecule has 3 aromatic carbocycles. The molecule has 4 aromatic rings. The fraction of sp³-hybridized carbons (Fsp3) is 0.0455. The Kier molecular flexibility index (Phi) is 5.58. The van der Waals surface area contributed by atoms with Gasteiger partial charge in [-0.05, 0) is 42.0 Å². The molecule has 0 radical (unpaired) electrons. The third-order valence-corrected chi connectivity index (χ3v) is 6.03. The zero-order valence-corrected chi connectivity index (χ0v) is 18.0. The van der Waals surface area contributed by atoms with Crippen molar-refractivity contribution >= 4 is 38.5 Å². The molecule has 0 spiro atoms. The van der Waals surface area contributed by atoms with Crippen LogP contribution in [0, 0.1) is 5.41 Å². The van der Waals surface area contributed by atoms with Crippen LogP contribution >= 0.6 is 0 Å². The van der Waals surface area contributed by atoms with Gasteiger partial charge < -0.3 is 16.0 Å². The number of aromatic amines is 1. The van der Waals surface area contributed by atoms with E-state index in [1.165, 1.54) is 10.6 Å². The van der Waals surface area contributed by atoms with E-state index in [0.29, 0.717) is 33.4 Å². The van der Waals surface area contributed by atoms with Gasteiger partial charge in [0, 0.05) is 16.8 Å². The molecule has 1 amide bonds. The molecule has 0 fully saturated rings. The number of anilines is 1. The zero-order valence-electron chi connectivity index (χ0n) is 17.2. The van der Waals surface area contributed by atoms with Gasteiger partial charge in [-0.3, -0.25) is 14.8 Å². The highest BCUT2D eigenvalue weighted by Gasteiger charge is 2.15. The third-order valence-electron chi connectivity index (χ3n) is 5.06. The number of H-pyrrole nitrogens is 1. The first-order chi connectivity index (χ1) is 15.6. The summed E-state index contributed by atoms with van der Waals surface area (Å²) in [4.78, 5) is 27.6. The summed E-state index contributed by atoms with van der Waals surface area (Å²) >= 11 is 0. The number of amides is 1. The number of rotatable bonds is 6. The molecule has 11 heteroatoms. The number of nitrogens with two attached hydrogens (primary N) is 2. The lowest BCUT2D eigenvalue weighted by Gasteiger charge is -2.10. The summed E-state index contributed by atoms with van der Waals surface area (Å²) in [6.45, 7) is -0.254. The van der Waals surface area contributed by atoms with Gasteiger partial charge in [-0.1, -0.05) is 30.3 Å². The zero-order chi connectivity index (χ0) is 23.8. The number of sulfonamides is 1. The molecule has 0 aliphatic rings. The Bertz CT molecular complexity index is 1550. The van der Waals surface area contributed by atoms with E-state index in [4.69, 9.17) is 16.3 Å². The lowest BCUT2D eigenvalue weighted by molar-refractivity contribution is -0.116. The highest BCUT2D eigenvalue weighted by molar-refractivity contribution is 7.89. The molecule has 0 aliphatic carbocycles. The fourth-order valence-electron chi connectivity index (χ4n) is 3.51. The number of hydrogen-bond donors (Lipinski definition) is 5. The van der Waals surface area contributed by atoms with Crippen molar-refractivity contribution in [2.45, 2.75) is 11.4 Å². The molecule has 1 heterocycles. The second-order valence-corrected chi connectivity index (χ2v) is 8.86. The molecule has 0 aliphatic heterocycles. The smallest absolute Gasteiger partial charge is 0.326 e. The van der Waals surface area contributed by atoms with Crippen LogP contribution in [0.1, 0.15) is 5.56 Å². The first-order valence-corrected chi connectivity index (χ1v) is 11.3. The van der Waals surface area contributed by atoms with E-state index in [9.17, 15) is 18.0 Å². The Hall–Kier alpha value is -4.22. The molecule has 0 saturated heterocycles. The first kappa shape index (κ1) is 22.0. The Labute approximate surface area is 188 Å². The molecule has 168 valence electrons. The minimum Gasteiger partial charge on any atom is -0.384 e. The van der Waals surface area contributed by atoms with Gasteiger partial charge in [0.25, 0.3) is 0 Å². The highest BCUT2D eigenvalue weighted by Crippen LogP contribution is 2.27. The lowest BCUT2D eigenvalue weighted by Crippen LogP contribution is -2.26. The molecule has 0 atom stereocenters. The molecule has 7 N–H and O–H groups in total. The van der Waals surface area contributed by atoms with Gasteiger partial charge in [0.2, 0.25) is 15.9 Å². The molecule has 1 aromatic heterocycles. The summed E-state index contributed by atoms with van der Waals surface area (Å²) in [5, 5.41) is 15.6. The summed E-state index contributed by atoms with van der Waals surface area (Å²) in [6, 6.07) is 17.7. The molecule has 10 nitrogen and oxygen atoms in total. The SMILES string of the molecule is N=C(N)c1ccc2[nH]c(=O)n(CC(=O)Nc3ccc(-c4ccccc4S(N)(=O)=O)cc3)c2c1. The van der Waals surface area contributed by atoms with Crippen LogP contribution in [-0.4, -0.2) is 29.7 Å². The van der Waals surface area contributed by atoms with Gasteiger partial charge in [-0.25, -0.2) is 18.4 Å². The lowest BCUT2D eigenvalue weighted by atomic mass is 10.1. The quantitative estimate of drug-likeness (QED) is 0.214. The van der Waals surface area contributed by atoms with Crippen LogP contribution in [0.25, 0.3) is 22.2 Å². The fourth-order valence-corrected chi connectivity index (χ4v) is 4.27. The average Bonchev–Trinajstić information content (AvgIpc) is 3.08. The van der Waals surface area contributed by atoms with Crippen LogP contribution in [0.5, 0.6) is 0 Å². The van der Waals surface area contributed by atoms with Crippen molar-refractivity contribution in [3.63, 3.8) is 0 Å². The van der Waals surface area contributed by atoms with E-state index in [-0.39, 0.29) is 17.3 Å². The molecular weight excluding hydrogens is 444 g/mol. The summed E-state index contributed by atoms with van der Waals surface area (Å²) in [5.41, 5.74) is 8.00. The predicted molar refractivity (Wildman–Crippen MR) is 125 cm³/mol. The van der Waals surface area contributed by atoms with Gasteiger partial charge in [0.15, 0.2) is 0 Å². The van der Waals surface area contributed by atoms with Crippen LogP contribution in [-0.2, 0) is 21.4 Å². The third kappa shape index (κ3) is 4.54. The van der Waals surface area contributed by atoms with E-state index >= 15 is 0 Å². The number of benzene rings is 3. The monoisotopic (exact) mass is 464 g/mol. The van der Waals surface area contributed by atoms with Crippen molar-refractivity contribution in [1.82, 2.24) is 9.55 Å². The normalized spacial score (nSPS) is 11.4. The summed E-state index contributed by atoms with van der Waals surface area (Å²) < 4.78 is 24.9. The maximum absolute atomic E-state index is 12.6. The van der Waals surface area contributed by atoms with Crippen molar-refractivity contribution in [3.05, 3.63) is 82.8 Å². The second kappa shape index (κ2) is 8.37. The maximum atomic E-state index is 12.6. The number of aromatic nitrogens is 2. The van der Waals surface area contributed by atoms with Crippen molar-refractivity contribution in [1.29, 1.82) is 5.41 Å². The van der Waals surface area contributed by atoms with Gasteiger partial charge in [0.1, 0.15) is 12.4 Å². The highest BCUT2D eigenvalue weighted by atomic mass is 32.2. The number of nitrogens with one attached hydrogen (secondary N) is 3. The predicted octanol–water partition coefficient (Wildman–Crippen LogP) is 1.57. The summed E-state index contributed by atoms with van der Waals surface area (Å²) in [6.07, 6.45) is 0. The van der Waals surface area contributed by atoms with Crippen LogP contribution in [0.2, 0.25) is 0 Å². The van der Waals surface area contributed by atoms with Crippen LogP contribution in [0.4, 0.5) is 5.69 Å². The van der Waals surface area contributed by atoms with E-state index in [0.717, 1.165) is 0 Å². The number of carbonyl (C=O) groups excluding carboxylic acids is 1. The van der Waals surface area contributed by atoms with E-state index in [1.807, 2.05) is 0 Å². The standard InChI is InChI=1S/C22H20N6O4S/c23-21(24)14-7-10-17-18(11-14)28(22(30)27-17)12-20(29)26-15-8-5-13(6-9-15)16-3-1-2-4-19(16)33(25,31)32/h1-11H,12H2,(H3,23,24)(H,26,29)(H,27,30)(H2,25,31,32). The number of nitrogen functional groups attached to an aromatic ring is 1. The topological polar surface area (TPSA) is 177 Å². The number of nitrogens with zero attached hydrogens (tertiary/aromatic N) is 1. The molecular formula is C22H20N6O4S. The van der Waals surface area contributed by atoms with Crippen molar-refractivity contribution < 1.29 is 13.2 Å². The van der Waals surface area contributed by atoms with Crippen molar-refractivity contribution in [3.8, 4) is 11.1 Å². The Morgan fingerprint density at radius 1 is 1.06 bits per heavy atom. The second-order valence-electron chi connectivity index (χ2n) is 7.33. The molecule has 0 saturated carbocycles. The van der Waals surface area contributed by atoms with E-state index in [2.05, 4.69) is 10.3 Å². The number of imidazole rings is 1. The molecule has 0 unspecified atom stereocenters. The minimum atomic E-state index is -3.90. The van der Waals surface area contributed by atoms with Gasteiger partial charge >= 0.3 is 5.69 Å². The van der Waals surface area contributed by atoms with Gasteiger partial charge in [-0.2, -0.15) is 0 Å². The number of fused-ring (bicyclic) bond motifs is 1. The number of amidine groups is 1. The Balaban J connectivity index is 1.55. The molecule has 0 bridgehead atoms. The van der Waals surface area contributed by atoms with Crippen LogP contribution < -0.4 is 21.9 Å². The van der Waals surface area contributed by atoms with Crippen LogP contribution in [0.3, 0.4) is 0 Å². The summed E-state index contributed by atoms with van der Waals surface area (Å²) in [5.74, 6) is -0.588. The summed E-state index contributed by atoms with van der Waals surface area (Å²) in [7, 11) is -3.90. The maximum Gasteiger partial charge on any atom is 0.326 e. The van der Waals surface area contributed by atoms with E-state index in [1.54, 1.807) is 60.7 Å². The number of hydrogen-bond acceptors (Lipinski definition) is 5. The first-order valence-electron chi connectivity index (χ1n) is 9.72. The van der Waals surface area contributed by atoms with Gasteiger partial charge in [-0.15, -0.1) is 0 Å². The van der Waals surface area contributed by atoms with E-state index < -0.39 is 21.6 Å². The number of carbonyl (C=O) groups is 1. The van der Waals surface area contributed by atoms with Crippen LogP contribution in [0.15, 0.2) is 76.4 Å². The Morgan fingerprint density at radius 3 is 2.42 bits per heavy atom. The Morgan fingerprint density at radius 2 is 1.76 bits per heavy atom. The average molecular weight is 465 g/mol. The van der Waals surface area contributed by atoms with Crippen molar-refractivity contribution in [2.75, 3.05) is 5.32 Å². The van der Waals surface area contributed by atoms with Gasteiger partial charge in [0.05, 0.1) is 15.9 Å². The largest absolute Gasteiger partial charge is 0.384 e. The number of primary sulfonamides is 1. The minimum absolute atomic E-state index is 0.00502. The molecule has 4 rings (SSSR count). The molecule has 33 heavy (non-hydrogen) atoms. The van der Waals surface area contributed by atoms with Crippen molar-refractivity contribution in [2.24, 2.45) is 10.9 Å².